The molecule has 0 aliphatic heterocycles. The molecule has 1 aromatic rings. The van der Waals surface area contributed by atoms with Crippen LogP contribution in [0.4, 0.5) is 0 Å². The Balaban J connectivity index is 2.65. The molecule has 0 bridgehead atoms. The van der Waals surface area contributed by atoms with Gasteiger partial charge in [0.25, 0.3) is 0 Å². The van der Waals surface area contributed by atoms with Crippen LogP contribution in [0.25, 0.3) is 0 Å². The zero-order chi connectivity index (χ0) is 11.8. The monoisotopic (exact) mass is 222 g/mol. The van der Waals surface area contributed by atoms with Crippen LogP contribution in [0.1, 0.15) is 37.1 Å². The van der Waals surface area contributed by atoms with Crippen LogP contribution >= 0.6 is 0 Å². The molecule has 1 unspecified atom stereocenters. The largest absolute Gasteiger partial charge is 0.385 e. The summed E-state index contributed by atoms with van der Waals surface area (Å²) >= 11 is 0. The van der Waals surface area contributed by atoms with Crippen LogP contribution in [0.2, 0.25) is 0 Å². The predicted octanol–water partition coefficient (Wildman–Crippen LogP) is 2.47. The Bertz CT molecular complexity index is 302. The number of nitrogens with one attached hydrogen (secondary N) is 1. The molecule has 1 rings (SSSR count). The second-order valence-electron chi connectivity index (χ2n) is 3.92. The van der Waals surface area contributed by atoms with Crippen molar-refractivity contribution in [2.45, 2.75) is 32.7 Å². The molecule has 0 fully saturated rings. The van der Waals surface area contributed by atoms with E-state index in [9.17, 15) is 0 Å². The summed E-state index contributed by atoms with van der Waals surface area (Å²) in [5.41, 5.74) is 2.42. The van der Waals surface area contributed by atoms with Crippen LogP contribution in [0, 0.1) is 6.92 Å². The van der Waals surface area contributed by atoms with Crippen molar-refractivity contribution in [3.05, 3.63) is 29.6 Å². The van der Waals surface area contributed by atoms with Gasteiger partial charge in [0.2, 0.25) is 0 Å². The van der Waals surface area contributed by atoms with Crippen molar-refractivity contribution in [3.8, 4) is 0 Å². The van der Waals surface area contributed by atoms with Crippen LogP contribution < -0.4 is 5.32 Å². The molecule has 0 radical (unpaired) electrons. The fraction of sp³-hybridized carbons (Fsp3) is 0.615. The predicted molar refractivity (Wildman–Crippen MR) is 66.5 cm³/mol. The second kappa shape index (κ2) is 7.36. The molecule has 1 aromatic heterocycles. The zero-order valence-corrected chi connectivity index (χ0v) is 10.5. The van der Waals surface area contributed by atoms with Gasteiger partial charge >= 0.3 is 0 Å². The third kappa shape index (κ3) is 3.91. The summed E-state index contributed by atoms with van der Waals surface area (Å²) in [7, 11) is 1.75. The highest BCUT2D eigenvalue weighted by molar-refractivity contribution is 5.22. The molecule has 0 spiro atoms. The summed E-state index contributed by atoms with van der Waals surface area (Å²) in [6.07, 6.45) is 4.01. The highest BCUT2D eigenvalue weighted by atomic mass is 16.5. The number of nitrogens with zero attached hydrogens (tertiary/aromatic N) is 1. The van der Waals surface area contributed by atoms with Gasteiger partial charge in [-0.1, -0.05) is 13.0 Å². The first-order chi connectivity index (χ1) is 7.79. The van der Waals surface area contributed by atoms with Gasteiger partial charge in [0.05, 0.1) is 0 Å². The van der Waals surface area contributed by atoms with Crippen molar-refractivity contribution in [1.82, 2.24) is 10.3 Å². The summed E-state index contributed by atoms with van der Waals surface area (Å²) in [6, 6.07) is 4.56. The van der Waals surface area contributed by atoms with Crippen molar-refractivity contribution in [3.63, 3.8) is 0 Å². The minimum Gasteiger partial charge on any atom is -0.385 e. The fourth-order valence-corrected chi connectivity index (χ4v) is 1.91. The lowest BCUT2D eigenvalue weighted by Crippen LogP contribution is -2.22. The summed E-state index contributed by atoms with van der Waals surface area (Å²) in [6.45, 7) is 6.00. The van der Waals surface area contributed by atoms with Gasteiger partial charge in [-0.25, -0.2) is 0 Å². The fourth-order valence-electron chi connectivity index (χ4n) is 1.91. The lowest BCUT2D eigenvalue weighted by Gasteiger charge is -2.19. The van der Waals surface area contributed by atoms with Gasteiger partial charge in [-0.3, -0.25) is 4.98 Å². The molecule has 1 atom stereocenters. The third-order valence-corrected chi connectivity index (χ3v) is 2.72. The second-order valence-corrected chi connectivity index (χ2v) is 3.92. The Morgan fingerprint density at radius 2 is 2.31 bits per heavy atom. The molecule has 3 heteroatoms. The summed E-state index contributed by atoms with van der Waals surface area (Å²) in [5.74, 6) is 0. The number of aromatic nitrogens is 1. The van der Waals surface area contributed by atoms with E-state index in [-0.39, 0.29) is 0 Å². The first-order valence-electron chi connectivity index (χ1n) is 5.93. The van der Waals surface area contributed by atoms with E-state index in [1.54, 1.807) is 7.11 Å². The number of pyridine rings is 1. The van der Waals surface area contributed by atoms with Gasteiger partial charge in [-0.15, -0.1) is 0 Å². The molecule has 90 valence electrons. The van der Waals surface area contributed by atoms with E-state index in [4.69, 9.17) is 4.74 Å². The quantitative estimate of drug-likeness (QED) is 0.720. The molecule has 0 amide bonds. The Morgan fingerprint density at radius 1 is 1.50 bits per heavy atom. The van der Waals surface area contributed by atoms with Crippen LogP contribution in [-0.2, 0) is 4.74 Å². The molecule has 0 aliphatic carbocycles. The molecule has 3 nitrogen and oxygen atoms in total. The lowest BCUT2D eigenvalue weighted by molar-refractivity contribution is 0.189. The minimum absolute atomic E-state index is 0.397. The molecule has 1 heterocycles. The number of aryl methyl sites for hydroxylation is 1. The number of hydrogen-bond donors (Lipinski definition) is 1. The molecule has 0 aliphatic rings. The Labute approximate surface area is 98.2 Å². The summed E-state index contributed by atoms with van der Waals surface area (Å²) in [4.78, 5) is 4.34. The van der Waals surface area contributed by atoms with E-state index in [2.05, 4.69) is 30.2 Å². The van der Waals surface area contributed by atoms with Crippen molar-refractivity contribution in [2.24, 2.45) is 0 Å². The maximum Gasteiger partial charge on any atom is 0.0462 e. The Morgan fingerprint density at radius 3 is 2.94 bits per heavy atom. The number of methoxy groups -OCH3 is 1. The van der Waals surface area contributed by atoms with E-state index >= 15 is 0 Å². The first-order valence-corrected chi connectivity index (χ1v) is 5.93. The first kappa shape index (κ1) is 13.1. The zero-order valence-electron chi connectivity index (χ0n) is 10.5. The topological polar surface area (TPSA) is 34.1 Å². The van der Waals surface area contributed by atoms with Crippen LogP contribution in [0.15, 0.2) is 18.3 Å². The normalized spacial score (nSPS) is 12.7. The average molecular weight is 222 g/mol. The number of ether oxygens (including phenoxy) is 1. The highest BCUT2D eigenvalue weighted by Gasteiger charge is 2.12. The van der Waals surface area contributed by atoms with Crippen LogP contribution in [-0.4, -0.2) is 25.2 Å². The maximum atomic E-state index is 5.09. The minimum atomic E-state index is 0.397. The van der Waals surface area contributed by atoms with Gasteiger partial charge in [0.15, 0.2) is 0 Å². The van der Waals surface area contributed by atoms with Gasteiger partial charge in [0, 0.05) is 31.6 Å². The van der Waals surface area contributed by atoms with E-state index in [0.29, 0.717) is 6.04 Å². The van der Waals surface area contributed by atoms with E-state index < -0.39 is 0 Å². The summed E-state index contributed by atoms with van der Waals surface area (Å²) < 4.78 is 5.09. The van der Waals surface area contributed by atoms with Crippen molar-refractivity contribution in [2.75, 3.05) is 20.3 Å². The van der Waals surface area contributed by atoms with Gasteiger partial charge in [0.1, 0.15) is 0 Å². The van der Waals surface area contributed by atoms with Gasteiger partial charge < -0.3 is 10.1 Å². The molecule has 1 N–H and O–H groups in total. The smallest absolute Gasteiger partial charge is 0.0462 e. The molecule has 0 saturated heterocycles. The van der Waals surface area contributed by atoms with Crippen molar-refractivity contribution < 1.29 is 4.74 Å². The Kier molecular flexibility index (Phi) is 6.04. The maximum absolute atomic E-state index is 5.09. The Hall–Kier alpha value is -0.930. The molecular weight excluding hydrogens is 200 g/mol. The van der Waals surface area contributed by atoms with Gasteiger partial charge in [-0.05, 0) is 37.9 Å². The van der Waals surface area contributed by atoms with Crippen molar-refractivity contribution in [1.29, 1.82) is 0 Å². The van der Waals surface area contributed by atoms with Crippen LogP contribution in [0.3, 0.4) is 0 Å². The SMILES string of the molecule is CCNC(CCCOC)c1cccnc1C. The van der Waals surface area contributed by atoms with Gasteiger partial charge in [-0.2, -0.15) is 0 Å². The van der Waals surface area contributed by atoms with Crippen LogP contribution in [0.5, 0.6) is 0 Å². The molecule has 0 saturated carbocycles. The van der Waals surface area contributed by atoms with E-state index in [1.807, 2.05) is 12.3 Å². The highest BCUT2D eigenvalue weighted by Crippen LogP contribution is 2.20. The van der Waals surface area contributed by atoms with E-state index in [1.165, 1.54) is 5.56 Å². The number of rotatable bonds is 7. The average Bonchev–Trinajstić information content (AvgIpc) is 2.29. The third-order valence-electron chi connectivity index (χ3n) is 2.72. The summed E-state index contributed by atoms with van der Waals surface area (Å²) in [5, 5.41) is 3.50. The molecule has 0 aromatic carbocycles. The standard InChI is InChI=1S/C13H22N2O/c1-4-14-13(8-6-10-16-3)12-7-5-9-15-11(12)2/h5,7,9,13-14H,4,6,8,10H2,1-3H3. The lowest BCUT2D eigenvalue weighted by atomic mass is 10.0. The molecule has 16 heavy (non-hydrogen) atoms. The van der Waals surface area contributed by atoms with Crippen molar-refractivity contribution >= 4 is 0 Å². The number of hydrogen-bond acceptors (Lipinski definition) is 3. The molecular formula is C13H22N2O. The van der Waals surface area contributed by atoms with E-state index in [0.717, 1.165) is 31.7 Å².